The van der Waals surface area contributed by atoms with Crippen molar-refractivity contribution in [3.63, 3.8) is 0 Å². The van der Waals surface area contributed by atoms with Gasteiger partial charge in [-0.1, -0.05) is 129 Å². The van der Waals surface area contributed by atoms with Gasteiger partial charge in [0.25, 0.3) is 0 Å². The lowest BCUT2D eigenvalue weighted by molar-refractivity contribution is -0.139. The Morgan fingerprint density at radius 2 is 1.22 bits per heavy atom. The molecule has 5 nitrogen and oxygen atoms in total. The summed E-state index contributed by atoms with van der Waals surface area (Å²) in [5, 5.41) is 6.45. The predicted octanol–water partition coefficient (Wildman–Crippen LogP) is 6.71. The Kier molecular flexibility index (Phi) is 10.7. The topological polar surface area (TPSA) is 61.8 Å². The number of nitrogens with one attached hydrogen (secondary N) is 1. The number of benzene rings is 4. The van der Waals surface area contributed by atoms with Crippen molar-refractivity contribution in [1.82, 2.24) is 10.2 Å². The Hall–Kier alpha value is -3.95. The third-order valence-electron chi connectivity index (χ3n) is 7.14. The maximum atomic E-state index is 13.8. The van der Waals surface area contributed by atoms with Gasteiger partial charge in [-0.25, -0.2) is 0 Å². The number of rotatable bonds is 12. The minimum Gasteiger partial charge on any atom is -0.354 e. The van der Waals surface area contributed by atoms with Crippen LogP contribution >= 0.6 is 7.05 Å². The lowest BCUT2D eigenvalue weighted by Crippen LogP contribution is -2.43. The summed E-state index contributed by atoms with van der Waals surface area (Å²) >= 11 is 0. The molecular formula is C35H40N3O2P. The lowest BCUT2D eigenvalue weighted by Gasteiger charge is -2.32. The summed E-state index contributed by atoms with van der Waals surface area (Å²) in [5.74, 6) is -0.305. The van der Waals surface area contributed by atoms with Gasteiger partial charge in [-0.2, -0.15) is 0 Å². The lowest BCUT2D eigenvalue weighted by atomic mass is 10.0. The van der Waals surface area contributed by atoms with Crippen LogP contribution in [0.2, 0.25) is 0 Å². The first-order valence-electron chi connectivity index (χ1n) is 14.5. The van der Waals surface area contributed by atoms with Gasteiger partial charge in [0.05, 0.1) is 12.7 Å². The van der Waals surface area contributed by atoms with E-state index in [1.54, 1.807) is 4.90 Å². The molecule has 1 atom stereocenters. The molecule has 212 valence electrons. The second kappa shape index (κ2) is 14.6. The third-order valence-corrected chi connectivity index (χ3v) is 10.8. The predicted molar refractivity (Wildman–Crippen MR) is 172 cm³/mol. The average Bonchev–Trinajstić information content (AvgIpc) is 3.01. The summed E-state index contributed by atoms with van der Waals surface area (Å²) in [6, 6.07) is 38.3. The molecule has 2 amide bonds. The number of amides is 2. The van der Waals surface area contributed by atoms with Crippen molar-refractivity contribution in [3.05, 3.63) is 121 Å². The van der Waals surface area contributed by atoms with Crippen molar-refractivity contribution in [2.24, 2.45) is 4.74 Å². The molecule has 6 heteroatoms. The molecule has 0 aliphatic carbocycles. The van der Waals surface area contributed by atoms with Crippen LogP contribution in [0.4, 0.5) is 5.69 Å². The Morgan fingerprint density at radius 3 is 1.68 bits per heavy atom. The van der Waals surface area contributed by atoms with Crippen LogP contribution in [0.1, 0.15) is 51.6 Å². The van der Waals surface area contributed by atoms with Crippen LogP contribution in [-0.4, -0.2) is 29.8 Å². The SMILES string of the molecule is CCCCNC(=O)C(c1ccccc1N=P(c1ccccc1)(c1ccccc1)c1ccccc1)N(CCC)C(C)=O. The van der Waals surface area contributed by atoms with Crippen LogP contribution in [0.15, 0.2) is 120 Å². The second-order valence-corrected chi connectivity index (χ2v) is 13.1. The standard InChI is InChI=1S/C35H40N3O2P/c1-4-6-26-36-35(40)34(38(27-5-2)28(3)39)32-24-16-17-25-33(32)37-41(29-18-10-7-11-19-29,30-20-12-8-13-21-30)31-22-14-9-15-23-31/h7-25,34H,4-6,26-27H2,1-3H3,(H,36,40). The van der Waals surface area contributed by atoms with Gasteiger partial charge in [0.1, 0.15) is 6.04 Å². The number of carbonyl (C=O) groups is 2. The highest BCUT2D eigenvalue weighted by Crippen LogP contribution is 2.50. The second-order valence-electron chi connectivity index (χ2n) is 10.1. The van der Waals surface area contributed by atoms with Crippen LogP contribution in [0, 0.1) is 0 Å². The van der Waals surface area contributed by atoms with Crippen LogP contribution in [0.3, 0.4) is 0 Å². The van der Waals surface area contributed by atoms with E-state index in [0.29, 0.717) is 13.1 Å². The molecule has 0 spiro atoms. The van der Waals surface area contributed by atoms with E-state index in [4.69, 9.17) is 4.74 Å². The minimum absolute atomic E-state index is 0.132. The first-order valence-corrected chi connectivity index (χ1v) is 16.2. The Balaban J connectivity index is 2.05. The van der Waals surface area contributed by atoms with E-state index in [1.165, 1.54) is 6.92 Å². The van der Waals surface area contributed by atoms with Gasteiger partial charge in [0.2, 0.25) is 11.8 Å². The molecule has 0 fully saturated rings. The number of hydrogen-bond donors (Lipinski definition) is 1. The molecule has 0 bridgehead atoms. The summed E-state index contributed by atoms with van der Waals surface area (Å²) in [6.45, 7) is 6.70. The van der Waals surface area contributed by atoms with E-state index in [2.05, 4.69) is 85.0 Å². The molecule has 0 aromatic heterocycles. The van der Waals surface area contributed by atoms with E-state index >= 15 is 0 Å². The van der Waals surface area contributed by atoms with Gasteiger partial charge in [0, 0.05) is 41.5 Å². The van der Waals surface area contributed by atoms with Gasteiger partial charge in [-0.15, -0.1) is 0 Å². The van der Waals surface area contributed by atoms with Gasteiger partial charge in [-0.3, -0.25) is 14.3 Å². The minimum atomic E-state index is -2.58. The molecule has 0 aliphatic heterocycles. The van der Waals surface area contributed by atoms with Gasteiger partial charge in [0.15, 0.2) is 0 Å². The van der Waals surface area contributed by atoms with E-state index in [-0.39, 0.29) is 11.8 Å². The highest BCUT2D eigenvalue weighted by Gasteiger charge is 2.33. The summed E-state index contributed by atoms with van der Waals surface area (Å²) in [5.41, 5.74) is 1.45. The maximum absolute atomic E-state index is 13.8. The van der Waals surface area contributed by atoms with Crippen molar-refractivity contribution in [3.8, 4) is 0 Å². The summed E-state index contributed by atoms with van der Waals surface area (Å²) in [6.07, 6.45) is 2.59. The first kappa shape index (κ1) is 30.0. The molecule has 0 heterocycles. The molecule has 1 unspecified atom stereocenters. The molecule has 1 N–H and O–H groups in total. The summed E-state index contributed by atoms with van der Waals surface area (Å²) in [7, 11) is -2.58. The summed E-state index contributed by atoms with van der Waals surface area (Å²) in [4.78, 5) is 28.5. The molecule has 0 saturated heterocycles. The molecule has 0 saturated carbocycles. The van der Waals surface area contributed by atoms with Gasteiger partial charge in [-0.05, 0) is 18.9 Å². The average molecular weight is 566 g/mol. The van der Waals surface area contributed by atoms with E-state index in [9.17, 15) is 9.59 Å². The fraction of sp³-hybridized carbons (Fsp3) is 0.257. The van der Waals surface area contributed by atoms with Crippen LogP contribution in [0.25, 0.3) is 0 Å². The smallest absolute Gasteiger partial charge is 0.247 e. The highest BCUT2D eigenvalue weighted by molar-refractivity contribution is 7.87. The van der Waals surface area contributed by atoms with Crippen molar-refractivity contribution in [2.75, 3.05) is 13.1 Å². The fourth-order valence-electron chi connectivity index (χ4n) is 5.17. The number of hydrogen-bond acceptors (Lipinski definition) is 3. The van der Waals surface area contributed by atoms with Crippen LogP contribution < -0.4 is 21.2 Å². The molecule has 4 aromatic rings. The van der Waals surface area contributed by atoms with Crippen molar-refractivity contribution >= 4 is 40.5 Å². The normalized spacial score (nSPS) is 11.9. The zero-order valence-corrected chi connectivity index (χ0v) is 25.1. The third kappa shape index (κ3) is 6.86. The van der Waals surface area contributed by atoms with Gasteiger partial charge < -0.3 is 10.2 Å². The largest absolute Gasteiger partial charge is 0.354 e. The zero-order valence-electron chi connectivity index (χ0n) is 24.2. The number of unbranched alkanes of at least 4 members (excludes halogenated alkanes) is 1. The molecule has 4 aromatic carbocycles. The van der Waals surface area contributed by atoms with Crippen molar-refractivity contribution in [1.29, 1.82) is 0 Å². The Morgan fingerprint density at radius 1 is 0.732 bits per heavy atom. The zero-order chi connectivity index (χ0) is 29.1. The van der Waals surface area contributed by atoms with E-state index in [0.717, 1.165) is 46.4 Å². The molecule has 0 aliphatic rings. The van der Waals surface area contributed by atoms with Crippen LogP contribution in [-0.2, 0) is 9.59 Å². The highest BCUT2D eigenvalue weighted by atomic mass is 31.2. The monoisotopic (exact) mass is 565 g/mol. The van der Waals surface area contributed by atoms with E-state index in [1.807, 2.05) is 49.4 Å². The Labute approximate surface area is 244 Å². The number of nitrogens with zero attached hydrogens (tertiary/aromatic N) is 2. The fourth-order valence-corrected chi connectivity index (χ4v) is 8.72. The van der Waals surface area contributed by atoms with Crippen molar-refractivity contribution in [2.45, 2.75) is 46.1 Å². The summed E-state index contributed by atoms with van der Waals surface area (Å²) < 4.78 is 5.70. The van der Waals surface area contributed by atoms with Crippen LogP contribution in [0.5, 0.6) is 0 Å². The number of carbonyl (C=O) groups excluding carboxylic acids is 2. The van der Waals surface area contributed by atoms with E-state index < -0.39 is 13.1 Å². The first-order chi connectivity index (χ1) is 20.0. The molecular weight excluding hydrogens is 525 g/mol. The maximum Gasteiger partial charge on any atom is 0.247 e. The quantitative estimate of drug-likeness (QED) is 0.153. The molecule has 4 rings (SSSR count). The van der Waals surface area contributed by atoms with Crippen molar-refractivity contribution < 1.29 is 9.59 Å². The Bertz CT molecular complexity index is 1370. The molecule has 0 radical (unpaired) electrons. The van der Waals surface area contributed by atoms with Gasteiger partial charge >= 0.3 is 0 Å². The molecule has 41 heavy (non-hydrogen) atoms.